The fourth-order valence-electron chi connectivity index (χ4n) is 2.14. The Bertz CT molecular complexity index is 396. The van der Waals surface area contributed by atoms with E-state index in [1.807, 2.05) is 10.6 Å². The summed E-state index contributed by atoms with van der Waals surface area (Å²) in [6.07, 6.45) is 1.71. The number of ether oxygens (including phenoxy) is 1. The molecule has 0 saturated carbocycles. The van der Waals surface area contributed by atoms with Gasteiger partial charge in [-0.15, -0.1) is 0 Å². The van der Waals surface area contributed by atoms with Crippen molar-refractivity contribution in [2.45, 2.75) is 32.4 Å². The zero-order valence-corrected chi connectivity index (χ0v) is 9.12. The van der Waals surface area contributed by atoms with Gasteiger partial charge in [0.15, 0.2) is 5.78 Å². The van der Waals surface area contributed by atoms with Crippen LogP contribution in [0.1, 0.15) is 29.5 Å². The van der Waals surface area contributed by atoms with Crippen molar-refractivity contribution >= 4 is 5.78 Å². The first kappa shape index (κ1) is 10.2. The first-order valence-electron chi connectivity index (χ1n) is 5.16. The van der Waals surface area contributed by atoms with Gasteiger partial charge in [0, 0.05) is 32.0 Å². The van der Waals surface area contributed by atoms with Crippen LogP contribution in [0.2, 0.25) is 0 Å². The van der Waals surface area contributed by atoms with Gasteiger partial charge in [-0.2, -0.15) is 0 Å². The third-order valence-corrected chi connectivity index (χ3v) is 2.93. The number of Topliss-reactive ketones (excluding diaryl/α,β-unsaturated/α-hetero) is 1. The zero-order chi connectivity index (χ0) is 11.0. The highest BCUT2D eigenvalue weighted by molar-refractivity contribution is 5.93. The Morgan fingerprint density at radius 2 is 2.40 bits per heavy atom. The predicted molar refractivity (Wildman–Crippen MR) is 57.3 cm³/mol. The van der Waals surface area contributed by atoms with E-state index < -0.39 is 0 Å². The summed E-state index contributed by atoms with van der Waals surface area (Å²) in [4.78, 5) is 11.4. The monoisotopic (exact) mass is 208 g/mol. The number of carbonyl (C=O) groups is 1. The molecule has 1 atom stereocenters. The summed E-state index contributed by atoms with van der Waals surface area (Å²) >= 11 is 0. The smallest absolute Gasteiger partial charge is 0.176 e. The first-order valence-corrected chi connectivity index (χ1v) is 5.16. The van der Waals surface area contributed by atoms with E-state index in [4.69, 9.17) is 10.5 Å². The highest BCUT2D eigenvalue weighted by Crippen LogP contribution is 2.29. The summed E-state index contributed by atoms with van der Waals surface area (Å²) in [5.41, 5.74) is 7.69. The maximum Gasteiger partial charge on any atom is 0.176 e. The van der Waals surface area contributed by atoms with Gasteiger partial charge in [0.05, 0.1) is 18.5 Å². The number of fused-ring (bicyclic) bond motifs is 1. The highest BCUT2D eigenvalue weighted by Gasteiger charge is 2.24. The molecule has 4 heteroatoms. The lowest BCUT2D eigenvalue weighted by Crippen LogP contribution is -2.31. The number of nitrogens with zero attached hydrogens (tertiary/aromatic N) is 1. The first-order chi connectivity index (χ1) is 7.13. The number of aromatic nitrogens is 1. The van der Waals surface area contributed by atoms with Gasteiger partial charge in [-0.05, 0) is 6.42 Å². The topological polar surface area (TPSA) is 57.2 Å². The van der Waals surface area contributed by atoms with Gasteiger partial charge in [-0.25, -0.2) is 0 Å². The third kappa shape index (κ3) is 1.65. The molecule has 0 fully saturated rings. The Labute approximate surface area is 89.0 Å². The van der Waals surface area contributed by atoms with Gasteiger partial charge in [0.2, 0.25) is 0 Å². The van der Waals surface area contributed by atoms with Crippen LogP contribution >= 0.6 is 0 Å². The highest BCUT2D eigenvalue weighted by atomic mass is 16.5. The molecule has 1 unspecified atom stereocenters. The third-order valence-electron chi connectivity index (χ3n) is 2.93. The quantitative estimate of drug-likeness (QED) is 0.737. The average Bonchev–Trinajstić information content (AvgIpc) is 2.55. The minimum Gasteiger partial charge on any atom is -0.495 e. The molecule has 0 aromatic carbocycles. The zero-order valence-electron chi connectivity index (χ0n) is 9.12. The Balaban J connectivity index is 2.49. The molecule has 0 radical (unpaired) electrons. The molecule has 0 spiro atoms. The maximum atomic E-state index is 11.4. The van der Waals surface area contributed by atoms with Crippen molar-refractivity contribution in [2.75, 3.05) is 7.11 Å². The van der Waals surface area contributed by atoms with Crippen molar-refractivity contribution < 1.29 is 9.53 Å². The van der Waals surface area contributed by atoms with E-state index in [-0.39, 0.29) is 11.8 Å². The number of hydrogen-bond donors (Lipinski definition) is 1. The van der Waals surface area contributed by atoms with E-state index in [0.717, 1.165) is 36.5 Å². The molecule has 0 bridgehead atoms. The van der Waals surface area contributed by atoms with E-state index in [9.17, 15) is 4.79 Å². The van der Waals surface area contributed by atoms with Crippen molar-refractivity contribution in [1.82, 2.24) is 4.57 Å². The Morgan fingerprint density at radius 1 is 1.67 bits per heavy atom. The molecule has 0 aliphatic carbocycles. The molecule has 1 aliphatic rings. The van der Waals surface area contributed by atoms with Crippen LogP contribution in [-0.4, -0.2) is 23.5 Å². The number of hydrogen-bond acceptors (Lipinski definition) is 3. The molecular formula is C11H16N2O2. The molecule has 2 N–H and O–H groups in total. The van der Waals surface area contributed by atoms with Gasteiger partial charge in [-0.1, -0.05) is 0 Å². The number of carbonyl (C=O) groups excluding carboxylic acids is 1. The molecule has 15 heavy (non-hydrogen) atoms. The fraction of sp³-hybridized carbons (Fsp3) is 0.545. The summed E-state index contributed by atoms with van der Waals surface area (Å²) in [7, 11) is 1.63. The predicted octanol–water partition coefficient (Wildman–Crippen LogP) is 0.973. The molecule has 0 amide bonds. The lowest BCUT2D eigenvalue weighted by Gasteiger charge is -2.22. The molecule has 82 valence electrons. The number of methoxy groups -OCH3 is 1. The Hall–Kier alpha value is -1.29. The normalized spacial score (nSPS) is 19.8. The summed E-state index contributed by atoms with van der Waals surface area (Å²) in [6, 6.07) is 2.00. The maximum absolute atomic E-state index is 11.4. The molecule has 4 nitrogen and oxygen atoms in total. The SMILES string of the molecule is COc1cc(C(C)=O)n2c1CC(N)CC2. The van der Waals surface area contributed by atoms with Crippen LogP contribution in [0.25, 0.3) is 0 Å². The largest absolute Gasteiger partial charge is 0.495 e. The number of nitrogens with two attached hydrogens (primary N) is 1. The second-order valence-electron chi connectivity index (χ2n) is 4.01. The minimum absolute atomic E-state index is 0.0787. The van der Waals surface area contributed by atoms with Crippen LogP contribution in [0, 0.1) is 0 Å². The summed E-state index contributed by atoms with van der Waals surface area (Å²) < 4.78 is 7.30. The van der Waals surface area contributed by atoms with Gasteiger partial charge in [-0.3, -0.25) is 4.79 Å². The van der Waals surface area contributed by atoms with Gasteiger partial charge < -0.3 is 15.0 Å². The van der Waals surface area contributed by atoms with Crippen molar-refractivity contribution in [3.05, 3.63) is 17.5 Å². The standard InChI is InChI=1S/C11H16N2O2/c1-7(14)9-6-11(15-2)10-5-8(12)3-4-13(9)10/h6,8H,3-5,12H2,1-2H3. The van der Waals surface area contributed by atoms with Crippen molar-refractivity contribution in [3.63, 3.8) is 0 Å². The molecular weight excluding hydrogens is 192 g/mol. The fourth-order valence-corrected chi connectivity index (χ4v) is 2.14. The molecule has 2 rings (SSSR count). The van der Waals surface area contributed by atoms with Crippen LogP contribution in [0.5, 0.6) is 5.75 Å². The average molecular weight is 208 g/mol. The summed E-state index contributed by atoms with van der Waals surface area (Å²) in [5, 5.41) is 0. The van der Waals surface area contributed by atoms with E-state index in [2.05, 4.69) is 0 Å². The molecule has 1 aliphatic heterocycles. The summed E-state index contributed by atoms with van der Waals surface area (Å²) in [5.74, 6) is 0.866. The van der Waals surface area contributed by atoms with Crippen molar-refractivity contribution in [3.8, 4) is 5.75 Å². The van der Waals surface area contributed by atoms with Crippen LogP contribution in [0.4, 0.5) is 0 Å². The van der Waals surface area contributed by atoms with Gasteiger partial charge in [0.25, 0.3) is 0 Å². The molecule has 2 heterocycles. The minimum atomic E-state index is 0.0787. The van der Waals surface area contributed by atoms with E-state index in [1.54, 1.807) is 14.0 Å². The Kier molecular flexibility index (Phi) is 2.52. The summed E-state index contributed by atoms with van der Waals surface area (Å²) in [6.45, 7) is 2.39. The van der Waals surface area contributed by atoms with Gasteiger partial charge in [0.1, 0.15) is 5.75 Å². The van der Waals surface area contributed by atoms with E-state index >= 15 is 0 Å². The molecule has 1 aromatic heterocycles. The van der Waals surface area contributed by atoms with Crippen molar-refractivity contribution in [1.29, 1.82) is 0 Å². The van der Waals surface area contributed by atoms with Crippen LogP contribution in [0.15, 0.2) is 6.07 Å². The van der Waals surface area contributed by atoms with Crippen LogP contribution in [0.3, 0.4) is 0 Å². The number of ketones is 1. The lowest BCUT2D eigenvalue weighted by molar-refractivity contribution is 0.100. The van der Waals surface area contributed by atoms with E-state index in [0.29, 0.717) is 0 Å². The lowest BCUT2D eigenvalue weighted by atomic mass is 10.1. The van der Waals surface area contributed by atoms with Crippen LogP contribution < -0.4 is 10.5 Å². The molecule has 0 saturated heterocycles. The number of rotatable bonds is 2. The second-order valence-corrected chi connectivity index (χ2v) is 4.01. The Morgan fingerprint density at radius 3 is 3.00 bits per heavy atom. The van der Waals surface area contributed by atoms with Crippen LogP contribution in [-0.2, 0) is 13.0 Å². The second kappa shape index (κ2) is 3.70. The van der Waals surface area contributed by atoms with Gasteiger partial charge >= 0.3 is 0 Å². The van der Waals surface area contributed by atoms with Crippen molar-refractivity contribution in [2.24, 2.45) is 5.73 Å². The van der Waals surface area contributed by atoms with E-state index in [1.165, 1.54) is 0 Å². The molecule has 1 aromatic rings.